The van der Waals surface area contributed by atoms with Gasteiger partial charge in [-0.1, -0.05) is 18.2 Å². The first-order valence-corrected chi connectivity index (χ1v) is 7.79. The molecule has 0 fully saturated rings. The summed E-state index contributed by atoms with van der Waals surface area (Å²) < 4.78 is 63.4. The molecule has 0 bridgehead atoms. The van der Waals surface area contributed by atoms with Crippen molar-refractivity contribution in [2.45, 2.75) is 32.7 Å². The standard InChI is InChI=1S/C18H19F4NO3/c1-11(13-4-3-5-14(9-13)25-17(19)20)23-10-12-6-7-15(24-2)16(8-12)26-18(21)22/h3-9,11,17-18,23H,10H2,1-2H3. The van der Waals surface area contributed by atoms with Crippen molar-refractivity contribution in [1.29, 1.82) is 0 Å². The molecule has 0 heterocycles. The van der Waals surface area contributed by atoms with Crippen molar-refractivity contribution in [2.75, 3.05) is 7.11 Å². The fraction of sp³-hybridized carbons (Fsp3) is 0.333. The summed E-state index contributed by atoms with van der Waals surface area (Å²) in [6.45, 7) is -3.64. The topological polar surface area (TPSA) is 39.7 Å². The minimum Gasteiger partial charge on any atom is -0.493 e. The normalized spacial score (nSPS) is 12.3. The van der Waals surface area contributed by atoms with E-state index in [0.717, 1.165) is 5.56 Å². The van der Waals surface area contributed by atoms with Crippen molar-refractivity contribution in [3.8, 4) is 17.2 Å². The molecule has 4 nitrogen and oxygen atoms in total. The lowest BCUT2D eigenvalue weighted by atomic mass is 10.1. The molecule has 1 atom stereocenters. The van der Waals surface area contributed by atoms with Gasteiger partial charge in [0, 0.05) is 12.6 Å². The highest BCUT2D eigenvalue weighted by Crippen LogP contribution is 2.30. The van der Waals surface area contributed by atoms with Gasteiger partial charge in [0.05, 0.1) is 7.11 Å². The zero-order chi connectivity index (χ0) is 19.1. The molecule has 2 aromatic rings. The van der Waals surface area contributed by atoms with Crippen LogP contribution in [0.1, 0.15) is 24.1 Å². The molecule has 1 N–H and O–H groups in total. The first-order valence-electron chi connectivity index (χ1n) is 7.79. The molecule has 0 radical (unpaired) electrons. The van der Waals surface area contributed by atoms with Gasteiger partial charge in [-0.05, 0) is 42.3 Å². The van der Waals surface area contributed by atoms with Crippen LogP contribution in [0.25, 0.3) is 0 Å². The SMILES string of the molecule is COc1ccc(CNC(C)c2cccc(OC(F)F)c2)cc1OC(F)F. The molecule has 0 aliphatic carbocycles. The zero-order valence-electron chi connectivity index (χ0n) is 14.2. The van der Waals surface area contributed by atoms with E-state index in [1.165, 1.54) is 31.4 Å². The van der Waals surface area contributed by atoms with E-state index >= 15 is 0 Å². The molecule has 0 saturated carbocycles. The van der Waals surface area contributed by atoms with Crippen LogP contribution in [0.15, 0.2) is 42.5 Å². The molecule has 0 aliphatic rings. The first kappa shape index (κ1) is 19.8. The number of rotatable bonds is 9. The van der Waals surface area contributed by atoms with Gasteiger partial charge in [-0.15, -0.1) is 0 Å². The summed E-state index contributed by atoms with van der Waals surface area (Å²) in [5.41, 5.74) is 1.45. The van der Waals surface area contributed by atoms with Gasteiger partial charge >= 0.3 is 13.2 Å². The lowest BCUT2D eigenvalue weighted by Gasteiger charge is -2.17. The summed E-state index contributed by atoms with van der Waals surface area (Å²) in [6.07, 6.45) is 0. The Bertz CT molecular complexity index is 713. The monoisotopic (exact) mass is 373 g/mol. The van der Waals surface area contributed by atoms with E-state index in [2.05, 4.69) is 14.8 Å². The number of benzene rings is 2. The van der Waals surface area contributed by atoms with Crippen LogP contribution < -0.4 is 19.5 Å². The average molecular weight is 373 g/mol. The summed E-state index contributed by atoms with van der Waals surface area (Å²) >= 11 is 0. The highest BCUT2D eigenvalue weighted by atomic mass is 19.3. The Labute approximate surface area is 148 Å². The average Bonchev–Trinajstić information content (AvgIpc) is 2.59. The number of hydrogen-bond donors (Lipinski definition) is 1. The number of hydrogen-bond acceptors (Lipinski definition) is 4. The third kappa shape index (κ3) is 5.80. The second kappa shape index (κ2) is 9.28. The largest absolute Gasteiger partial charge is 0.493 e. The fourth-order valence-electron chi connectivity index (χ4n) is 2.37. The van der Waals surface area contributed by atoms with E-state index in [0.29, 0.717) is 12.1 Å². The van der Waals surface area contributed by atoms with Crippen LogP contribution in [0.3, 0.4) is 0 Å². The molecular formula is C18H19F4NO3. The number of methoxy groups -OCH3 is 1. The lowest BCUT2D eigenvalue weighted by Crippen LogP contribution is -2.18. The Morgan fingerprint density at radius 3 is 2.31 bits per heavy atom. The Hall–Kier alpha value is -2.48. The van der Waals surface area contributed by atoms with Gasteiger partial charge in [0.15, 0.2) is 11.5 Å². The maximum Gasteiger partial charge on any atom is 0.387 e. The molecule has 0 saturated heterocycles. The molecular weight excluding hydrogens is 354 g/mol. The fourth-order valence-corrected chi connectivity index (χ4v) is 2.37. The number of halogens is 4. The second-order valence-electron chi connectivity index (χ2n) is 5.42. The third-order valence-corrected chi connectivity index (χ3v) is 3.64. The summed E-state index contributed by atoms with van der Waals surface area (Å²) in [5.74, 6) is 0.226. The van der Waals surface area contributed by atoms with Crippen LogP contribution in [0.4, 0.5) is 17.6 Å². The van der Waals surface area contributed by atoms with Gasteiger partial charge in [0.2, 0.25) is 0 Å². The summed E-state index contributed by atoms with van der Waals surface area (Å²) in [4.78, 5) is 0. The van der Waals surface area contributed by atoms with E-state index in [1.807, 2.05) is 6.92 Å². The van der Waals surface area contributed by atoms with Gasteiger partial charge in [0.1, 0.15) is 5.75 Å². The van der Waals surface area contributed by atoms with E-state index in [-0.39, 0.29) is 23.3 Å². The van der Waals surface area contributed by atoms with Crippen molar-refractivity contribution in [2.24, 2.45) is 0 Å². The van der Waals surface area contributed by atoms with Gasteiger partial charge in [-0.25, -0.2) is 0 Å². The van der Waals surface area contributed by atoms with Gasteiger partial charge in [0.25, 0.3) is 0 Å². The van der Waals surface area contributed by atoms with E-state index in [9.17, 15) is 17.6 Å². The minimum atomic E-state index is -2.95. The van der Waals surface area contributed by atoms with E-state index < -0.39 is 13.2 Å². The molecule has 0 spiro atoms. The van der Waals surface area contributed by atoms with Crippen molar-refractivity contribution in [3.63, 3.8) is 0 Å². The van der Waals surface area contributed by atoms with Crippen molar-refractivity contribution >= 4 is 0 Å². The summed E-state index contributed by atoms with van der Waals surface area (Å²) in [6, 6.07) is 10.9. The van der Waals surface area contributed by atoms with Gasteiger partial charge in [-0.3, -0.25) is 0 Å². The minimum absolute atomic E-state index is 0.0539. The molecule has 0 aliphatic heterocycles. The number of nitrogens with one attached hydrogen (secondary N) is 1. The molecule has 2 rings (SSSR count). The highest BCUT2D eigenvalue weighted by molar-refractivity contribution is 5.43. The molecule has 0 aromatic heterocycles. The van der Waals surface area contributed by atoms with E-state index in [4.69, 9.17) is 4.74 Å². The van der Waals surface area contributed by atoms with Gasteiger partial charge < -0.3 is 19.5 Å². The van der Waals surface area contributed by atoms with Gasteiger partial charge in [-0.2, -0.15) is 17.6 Å². The van der Waals surface area contributed by atoms with Crippen LogP contribution in [0.5, 0.6) is 17.2 Å². The maximum atomic E-state index is 12.5. The van der Waals surface area contributed by atoms with E-state index in [1.54, 1.807) is 18.2 Å². The number of alkyl halides is 4. The Kier molecular flexibility index (Phi) is 7.08. The highest BCUT2D eigenvalue weighted by Gasteiger charge is 2.13. The predicted molar refractivity (Wildman–Crippen MR) is 88.0 cm³/mol. The zero-order valence-corrected chi connectivity index (χ0v) is 14.2. The third-order valence-electron chi connectivity index (χ3n) is 3.64. The smallest absolute Gasteiger partial charge is 0.387 e. The Morgan fingerprint density at radius 1 is 0.923 bits per heavy atom. The second-order valence-corrected chi connectivity index (χ2v) is 5.42. The van der Waals surface area contributed by atoms with Crippen molar-refractivity contribution < 1.29 is 31.8 Å². The molecule has 1 unspecified atom stereocenters. The van der Waals surface area contributed by atoms with Crippen LogP contribution >= 0.6 is 0 Å². The Balaban J connectivity index is 2.03. The predicted octanol–water partition coefficient (Wildman–Crippen LogP) is 4.75. The molecule has 2 aromatic carbocycles. The summed E-state index contributed by atoms with van der Waals surface area (Å²) in [7, 11) is 1.36. The van der Waals surface area contributed by atoms with Crippen LogP contribution in [0.2, 0.25) is 0 Å². The number of ether oxygens (including phenoxy) is 3. The maximum absolute atomic E-state index is 12.5. The van der Waals surface area contributed by atoms with Crippen LogP contribution in [0, 0.1) is 0 Å². The van der Waals surface area contributed by atoms with Crippen molar-refractivity contribution in [3.05, 3.63) is 53.6 Å². The molecule has 8 heteroatoms. The Morgan fingerprint density at radius 2 is 1.65 bits per heavy atom. The lowest BCUT2D eigenvalue weighted by molar-refractivity contribution is -0.0515. The quantitative estimate of drug-likeness (QED) is 0.644. The van der Waals surface area contributed by atoms with Crippen molar-refractivity contribution in [1.82, 2.24) is 5.32 Å². The summed E-state index contributed by atoms with van der Waals surface area (Å²) in [5, 5.41) is 3.19. The molecule has 142 valence electrons. The molecule has 26 heavy (non-hydrogen) atoms. The van der Waals surface area contributed by atoms with Crippen LogP contribution in [-0.4, -0.2) is 20.3 Å². The molecule has 0 amide bonds. The van der Waals surface area contributed by atoms with Crippen LogP contribution in [-0.2, 0) is 6.54 Å². The first-order chi connectivity index (χ1) is 12.4.